The molecule has 0 aliphatic carbocycles. The minimum Gasteiger partial charge on any atom is -0.338 e. The van der Waals surface area contributed by atoms with E-state index >= 15 is 0 Å². The van der Waals surface area contributed by atoms with Crippen molar-refractivity contribution in [1.82, 2.24) is 15.3 Å². The third kappa shape index (κ3) is 2.85. The molecule has 3 aromatic rings. The molecule has 0 fully saturated rings. The summed E-state index contributed by atoms with van der Waals surface area (Å²) in [5, 5.41) is 5.98. The first kappa shape index (κ1) is 13.5. The van der Waals surface area contributed by atoms with Gasteiger partial charge in [0, 0.05) is 18.3 Å². The molecule has 0 aliphatic heterocycles. The third-order valence-electron chi connectivity index (χ3n) is 2.84. The van der Waals surface area contributed by atoms with Crippen LogP contribution in [0.3, 0.4) is 0 Å². The van der Waals surface area contributed by atoms with Crippen LogP contribution in [-0.4, -0.2) is 22.5 Å². The summed E-state index contributed by atoms with van der Waals surface area (Å²) in [4.78, 5) is 20.3. The van der Waals surface area contributed by atoms with Crippen molar-refractivity contribution < 1.29 is 4.79 Å². The van der Waals surface area contributed by atoms with Crippen molar-refractivity contribution in [1.29, 1.82) is 0 Å². The molecular weight excluding hydrogens is 284 g/mol. The number of hydrogen-bond donors (Lipinski definition) is 2. The molecule has 0 unspecified atom stereocenters. The van der Waals surface area contributed by atoms with E-state index in [4.69, 9.17) is 0 Å². The van der Waals surface area contributed by atoms with Crippen molar-refractivity contribution in [2.45, 2.75) is 6.92 Å². The van der Waals surface area contributed by atoms with Crippen molar-refractivity contribution in [3.05, 3.63) is 42.6 Å². The lowest BCUT2D eigenvalue weighted by molar-refractivity contribution is 0.252. The smallest absolute Gasteiger partial charge is 0.321 e. The fourth-order valence-corrected chi connectivity index (χ4v) is 2.92. The Hall–Kier alpha value is -2.47. The van der Waals surface area contributed by atoms with Gasteiger partial charge in [-0.2, -0.15) is 0 Å². The zero-order valence-corrected chi connectivity index (χ0v) is 12.2. The normalized spacial score (nSPS) is 10.5. The van der Waals surface area contributed by atoms with E-state index in [9.17, 15) is 4.79 Å². The number of thiazole rings is 1. The van der Waals surface area contributed by atoms with Crippen LogP contribution in [0.5, 0.6) is 0 Å². The zero-order chi connectivity index (χ0) is 14.7. The van der Waals surface area contributed by atoms with Crippen molar-refractivity contribution in [2.75, 3.05) is 11.9 Å². The van der Waals surface area contributed by atoms with Gasteiger partial charge in [-0.3, -0.25) is 10.3 Å². The second-order valence-electron chi connectivity index (χ2n) is 4.30. The molecule has 105 valence electrons. The summed E-state index contributed by atoms with van der Waals surface area (Å²) in [7, 11) is 0. The Morgan fingerprint density at radius 2 is 2.29 bits per heavy atom. The number of urea groups is 1. The number of pyridine rings is 1. The predicted octanol–water partition coefficient (Wildman–Crippen LogP) is 3.30. The number of amides is 2. The molecule has 2 heterocycles. The molecule has 3 rings (SSSR count). The van der Waals surface area contributed by atoms with E-state index in [2.05, 4.69) is 26.7 Å². The van der Waals surface area contributed by atoms with Crippen LogP contribution >= 0.6 is 11.3 Å². The first-order valence-electron chi connectivity index (χ1n) is 6.55. The highest BCUT2D eigenvalue weighted by Crippen LogP contribution is 2.33. The SMILES string of the molecule is CCNC(=O)Nc1nc2c[c]cc(-c3ccccn3)c2s1. The van der Waals surface area contributed by atoms with Gasteiger partial charge in [-0.25, -0.2) is 9.78 Å². The average Bonchev–Trinajstić information content (AvgIpc) is 2.90. The largest absolute Gasteiger partial charge is 0.338 e. The number of hydrogen-bond acceptors (Lipinski definition) is 4. The van der Waals surface area contributed by atoms with Gasteiger partial charge in [0.2, 0.25) is 0 Å². The van der Waals surface area contributed by atoms with Gasteiger partial charge in [-0.1, -0.05) is 17.4 Å². The van der Waals surface area contributed by atoms with Crippen LogP contribution in [0.4, 0.5) is 9.93 Å². The van der Waals surface area contributed by atoms with Gasteiger partial charge in [0.25, 0.3) is 0 Å². The molecule has 0 atom stereocenters. The molecule has 0 saturated carbocycles. The molecule has 0 saturated heterocycles. The second-order valence-corrected chi connectivity index (χ2v) is 5.30. The van der Waals surface area contributed by atoms with Crippen molar-refractivity contribution in [3.8, 4) is 11.3 Å². The van der Waals surface area contributed by atoms with Gasteiger partial charge in [0.05, 0.1) is 15.9 Å². The molecule has 1 aromatic carbocycles. The summed E-state index contributed by atoms with van der Waals surface area (Å²) in [5.74, 6) is 0. The lowest BCUT2D eigenvalue weighted by Crippen LogP contribution is -2.28. The highest BCUT2D eigenvalue weighted by atomic mass is 32.1. The van der Waals surface area contributed by atoms with E-state index < -0.39 is 0 Å². The summed E-state index contributed by atoms with van der Waals surface area (Å²) in [6.07, 6.45) is 1.75. The number of benzene rings is 1. The Labute approximate surface area is 126 Å². The van der Waals surface area contributed by atoms with E-state index in [-0.39, 0.29) is 6.03 Å². The van der Waals surface area contributed by atoms with Crippen molar-refractivity contribution >= 4 is 32.7 Å². The van der Waals surface area contributed by atoms with Crippen molar-refractivity contribution in [2.24, 2.45) is 0 Å². The van der Waals surface area contributed by atoms with Gasteiger partial charge < -0.3 is 5.32 Å². The van der Waals surface area contributed by atoms with Gasteiger partial charge in [0.15, 0.2) is 5.13 Å². The van der Waals surface area contributed by atoms with E-state index in [1.807, 2.05) is 31.2 Å². The predicted molar refractivity (Wildman–Crippen MR) is 84.4 cm³/mol. The summed E-state index contributed by atoms with van der Waals surface area (Å²) in [5.41, 5.74) is 2.64. The molecule has 2 N–H and O–H groups in total. The first-order chi connectivity index (χ1) is 10.3. The number of carbonyl (C=O) groups is 1. The van der Waals surface area contributed by atoms with Crippen LogP contribution < -0.4 is 10.6 Å². The Kier molecular flexibility index (Phi) is 3.79. The van der Waals surface area contributed by atoms with Crippen LogP contribution in [0.25, 0.3) is 21.5 Å². The van der Waals surface area contributed by atoms with E-state index in [1.54, 1.807) is 12.3 Å². The number of nitrogens with zero attached hydrogens (tertiary/aromatic N) is 2. The van der Waals surface area contributed by atoms with Crippen LogP contribution in [-0.2, 0) is 0 Å². The van der Waals surface area contributed by atoms with Crippen molar-refractivity contribution in [3.63, 3.8) is 0 Å². The summed E-state index contributed by atoms with van der Waals surface area (Å²) in [6.45, 7) is 2.44. The Balaban J connectivity index is 2.00. The monoisotopic (exact) mass is 297 g/mol. The molecule has 0 spiro atoms. The average molecular weight is 297 g/mol. The quantitative estimate of drug-likeness (QED) is 0.779. The molecular formula is C15H13N4OS. The fraction of sp³-hybridized carbons (Fsp3) is 0.133. The van der Waals surface area contributed by atoms with E-state index in [0.717, 1.165) is 21.5 Å². The maximum atomic E-state index is 11.6. The Morgan fingerprint density at radius 3 is 3.05 bits per heavy atom. The Bertz CT molecular complexity index is 770. The number of nitrogens with one attached hydrogen (secondary N) is 2. The molecule has 0 aliphatic rings. The summed E-state index contributed by atoms with van der Waals surface area (Å²) in [6, 6.07) is 12.3. The van der Waals surface area contributed by atoms with E-state index in [1.165, 1.54) is 11.3 Å². The highest BCUT2D eigenvalue weighted by molar-refractivity contribution is 7.22. The van der Waals surface area contributed by atoms with Crippen LogP contribution in [0.15, 0.2) is 36.5 Å². The Morgan fingerprint density at radius 1 is 1.38 bits per heavy atom. The van der Waals surface area contributed by atoms with Crippen LogP contribution in [0.1, 0.15) is 6.92 Å². The number of fused-ring (bicyclic) bond motifs is 1. The number of rotatable bonds is 3. The minimum absolute atomic E-state index is 0.250. The molecule has 5 nitrogen and oxygen atoms in total. The van der Waals surface area contributed by atoms with Gasteiger partial charge in [0.1, 0.15) is 0 Å². The molecule has 2 aromatic heterocycles. The second kappa shape index (κ2) is 5.88. The molecule has 21 heavy (non-hydrogen) atoms. The molecule has 6 heteroatoms. The number of carbonyl (C=O) groups excluding carboxylic acids is 1. The topological polar surface area (TPSA) is 66.9 Å². The van der Waals surface area contributed by atoms with Crippen LogP contribution in [0.2, 0.25) is 0 Å². The highest BCUT2D eigenvalue weighted by Gasteiger charge is 2.11. The number of aromatic nitrogens is 2. The summed E-state index contributed by atoms with van der Waals surface area (Å²) < 4.78 is 0.985. The third-order valence-corrected chi connectivity index (χ3v) is 3.86. The minimum atomic E-state index is -0.250. The number of anilines is 1. The van der Waals surface area contributed by atoms with Gasteiger partial charge in [-0.15, -0.1) is 0 Å². The summed E-state index contributed by atoms with van der Waals surface area (Å²) >= 11 is 1.43. The lowest BCUT2D eigenvalue weighted by atomic mass is 10.1. The zero-order valence-electron chi connectivity index (χ0n) is 11.4. The van der Waals surface area contributed by atoms with Crippen LogP contribution in [0, 0.1) is 6.07 Å². The lowest BCUT2D eigenvalue weighted by Gasteiger charge is -2.01. The maximum absolute atomic E-state index is 11.6. The molecule has 0 bridgehead atoms. The fourth-order valence-electron chi connectivity index (χ4n) is 1.96. The standard InChI is InChI=1S/C15H13N4OS/c1-2-16-14(20)19-15-18-12-8-5-6-10(13(12)21-15)11-7-3-4-9-17-11/h3-4,6-9H,2H2,1H3,(H2,16,18,19,20). The van der Waals surface area contributed by atoms with Gasteiger partial charge >= 0.3 is 6.03 Å². The van der Waals surface area contributed by atoms with Gasteiger partial charge in [-0.05, 0) is 37.3 Å². The first-order valence-corrected chi connectivity index (χ1v) is 7.36. The maximum Gasteiger partial charge on any atom is 0.321 e. The molecule has 2 amide bonds. The van der Waals surface area contributed by atoms with E-state index in [0.29, 0.717) is 11.7 Å². The molecule has 1 radical (unpaired) electrons.